The third kappa shape index (κ3) is 2.77. The number of anilines is 1. The van der Waals surface area contributed by atoms with E-state index in [-0.39, 0.29) is 5.91 Å². The van der Waals surface area contributed by atoms with Gasteiger partial charge in [-0.3, -0.25) is 9.48 Å². The van der Waals surface area contributed by atoms with Gasteiger partial charge in [-0.15, -0.1) is 0 Å². The number of aromatic nitrogens is 4. The molecule has 1 amide bonds. The zero-order chi connectivity index (χ0) is 17.1. The highest BCUT2D eigenvalue weighted by atomic mass is 16.2. The predicted octanol–water partition coefficient (Wildman–Crippen LogP) is 2.45. The summed E-state index contributed by atoms with van der Waals surface area (Å²) in [5.74, 6) is 0.0846. The summed E-state index contributed by atoms with van der Waals surface area (Å²) < 4.78 is 3.17. The molecule has 0 saturated carbocycles. The van der Waals surface area contributed by atoms with Crippen LogP contribution in [0.25, 0.3) is 5.69 Å². The van der Waals surface area contributed by atoms with Crippen molar-refractivity contribution in [2.45, 2.75) is 19.9 Å². The average Bonchev–Trinajstić information content (AvgIpc) is 3.21. The maximum Gasteiger partial charge on any atom is 0.250 e. The van der Waals surface area contributed by atoms with Gasteiger partial charge in [0.15, 0.2) is 5.82 Å². The van der Waals surface area contributed by atoms with Gasteiger partial charge in [0.25, 0.3) is 0 Å². The largest absolute Gasteiger partial charge is 0.308 e. The predicted molar refractivity (Wildman–Crippen MR) is 88.6 cm³/mol. The zero-order valence-corrected chi connectivity index (χ0v) is 13.3. The highest BCUT2D eigenvalue weighted by Gasteiger charge is 2.21. The first-order chi connectivity index (χ1) is 11.6. The fraction of sp³-hybridized carbons (Fsp3) is 0.176. The lowest BCUT2D eigenvalue weighted by Crippen LogP contribution is -2.26. The van der Waals surface area contributed by atoms with Gasteiger partial charge in [0.05, 0.1) is 11.9 Å². The van der Waals surface area contributed by atoms with Crippen molar-refractivity contribution in [3.05, 3.63) is 60.0 Å². The molecule has 0 radical (unpaired) electrons. The van der Waals surface area contributed by atoms with Crippen LogP contribution in [0.4, 0.5) is 5.82 Å². The minimum Gasteiger partial charge on any atom is -0.308 e. The number of hydrogen-bond donors (Lipinski definition) is 1. The first-order valence-electron chi connectivity index (χ1n) is 7.46. The van der Waals surface area contributed by atoms with E-state index in [2.05, 4.69) is 21.6 Å². The first kappa shape index (κ1) is 15.5. The lowest BCUT2D eigenvalue weighted by molar-refractivity contribution is -0.119. The fourth-order valence-corrected chi connectivity index (χ4v) is 2.43. The van der Waals surface area contributed by atoms with Crippen LogP contribution >= 0.6 is 0 Å². The number of carbonyl (C=O) groups excluding carboxylic acids is 1. The van der Waals surface area contributed by atoms with Gasteiger partial charge < -0.3 is 5.32 Å². The van der Waals surface area contributed by atoms with Crippen molar-refractivity contribution < 1.29 is 4.79 Å². The van der Waals surface area contributed by atoms with Crippen LogP contribution < -0.4 is 5.32 Å². The van der Waals surface area contributed by atoms with Gasteiger partial charge in [0.2, 0.25) is 5.91 Å². The van der Waals surface area contributed by atoms with Crippen LogP contribution in [0.3, 0.4) is 0 Å². The normalized spacial score (nSPS) is 11.7. The Kier molecular flexibility index (Phi) is 4.12. The van der Waals surface area contributed by atoms with Gasteiger partial charge in [-0.25, -0.2) is 4.68 Å². The van der Waals surface area contributed by atoms with E-state index in [4.69, 9.17) is 0 Å². The molecule has 3 rings (SSSR count). The van der Waals surface area contributed by atoms with Crippen LogP contribution in [0.1, 0.15) is 24.2 Å². The van der Waals surface area contributed by atoms with Crippen molar-refractivity contribution in [2.75, 3.05) is 5.32 Å². The van der Waals surface area contributed by atoms with Crippen LogP contribution in [-0.4, -0.2) is 25.5 Å². The second kappa shape index (κ2) is 6.38. The van der Waals surface area contributed by atoms with E-state index < -0.39 is 6.04 Å². The van der Waals surface area contributed by atoms with Gasteiger partial charge in [0, 0.05) is 11.9 Å². The molecule has 120 valence electrons. The average molecular weight is 320 g/mol. The van der Waals surface area contributed by atoms with Gasteiger partial charge >= 0.3 is 0 Å². The number of benzene rings is 1. The number of nitrogens with one attached hydrogen (secondary N) is 1. The molecule has 2 aromatic heterocycles. The topological polar surface area (TPSA) is 88.5 Å². The maximum absolute atomic E-state index is 12.6. The molecule has 7 nitrogen and oxygen atoms in total. The summed E-state index contributed by atoms with van der Waals surface area (Å²) in [6, 6.07) is 12.7. The van der Waals surface area contributed by atoms with Crippen molar-refractivity contribution >= 4 is 11.7 Å². The van der Waals surface area contributed by atoms with Crippen LogP contribution in [0, 0.1) is 18.3 Å². The lowest BCUT2D eigenvalue weighted by atomic mass is 10.2. The second-order valence-corrected chi connectivity index (χ2v) is 5.35. The van der Waals surface area contributed by atoms with Crippen molar-refractivity contribution in [3.8, 4) is 11.8 Å². The molecule has 0 saturated heterocycles. The highest BCUT2D eigenvalue weighted by molar-refractivity contribution is 5.94. The standard InChI is InChI=1S/C17H16N6O/c1-12-8-9-19-22(12)13(2)17(24)21-16-14(10-18)11-20-23(16)15-6-4-3-5-7-15/h3-9,11,13H,1-2H3,(H,21,24). The van der Waals surface area contributed by atoms with Gasteiger partial charge in [-0.2, -0.15) is 15.5 Å². The molecule has 0 bridgehead atoms. The third-order valence-electron chi connectivity index (χ3n) is 3.75. The van der Waals surface area contributed by atoms with Crippen LogP contribution in [0.5, 0.6) is 0 Å². The van der Waals surface area contributed by atoms with E-state index in [1.54, 1.807) is 22.5 Å². The molecule has 1 unspecified atom stereocenters. The SMILES string of the molecule is Cc1ccnn1C(C)C(=O)Nc1c(C#N)cnn1-c1ccccc1. The van der Waals surface area contributed by atoms with Crippen molar-refractivity contribution in [2.24, 2.45) is 0 Å². The smallest absolute Gasteiger partial charge is 0.250 e. The van der Waals surface area contributed by atoms with Gasteiger partial charge in [-0.1, -0.05) is 18.2 Å². The highest BCUT2D eigenvalue weighted by Crippen LogP contribution is 2.21. The van der Waals surface area contributed by atoms with E-state index in [9.17, 15) is 10.1 Å². The number of nitrogens with zero attached hydrogens (tertiary/aromatic N) is 5. The van der Waals surface area contributed by atoms with E-state index in [0.29, 0.717) is 11.4 Å². The monoisotopic (exact) mass is 320 g/mol. The quantitative estimate of drug-likeness (QED) is 0.799. The summed E-state index contributed by atoms with van der Waals surface area (Å²) in [6.07, 6.45) is 3.08. The first-order valence-corrected chi connectivity index (χ1v) is 7.46. The lowest BCUT2D eigenvalue weighted by Gasteiger charge is -2.15. The summed E-state index contributed by atoms with van der Waals surface area (Å²) in [7, 11) is 0. The summed E-state index contributed by atoms with van der Waals surface area (Å²) in [4.78, 5) is 12.6. The number of aryl methyl sites for hydroxylation is 1. The van der Waals surface area contributed by atoms with E-state index in [1.165, 1.54) is 6.20 Å². The van der Waals surface area contributed by atoms with E-state index >= 15 is 0 Å². The Labute approximate surface area is 139 Å². The number of hydrogen-bond acceptors (Lipinski definition) is 4. The number of nitriles is 1. The number of amides is 1. The fourth-order valence-electron chi connectivity index (χ4n) is 2.43. The Morgan fingerprint density at radius 1 is 1.25 bits per heavy atom. The molecule has 0 fully saturated rings. The molecule has 0 aliphatic heterocycles. The molecular weight excluding hydrogens is 304 g/mol. The van der Waals surface area contributed by atoms with Crippen molar-refractivity contribution in [1.29, 1.82) is 5.26 Å². The molecule has 0 spiro atoms. The van der Waals surface area contributed by atoms with Crippen LogP contribution in [0.15, 0.2) is 48.8 Å². The van der Waals surface area contributed by atoms with Crippen molar-refractivity contribution in [1.82, 2.24) is 19.6 Å². The molecular formula is C17H16N6O. The molecule has 1 N–H and O–H groups in total. The summed E-state index contributed by atoms with van der Waals surface area (Å²) >= 11 is 0. The third-order valence-corrected chi connectivity index (χ3v) is 3.75. The number of para-hydroxylation sites is 1. The summed E-state index contributed by atoms with van der Waals surface area (Å²) in [6.45, 7) is 3.64. The van der Waals surface area contributed by atoms with Gasteiger partial charge in [-0.05, 0) is 32.0 Å². The minimum absolute atomic E-state index is 0.268. The Morgan fingerprint density at radius 2 is 2.00 bits per heavy atom. The number of carbonyl (C=O) groups is 1. The Hall–Kier alpha value is -3.40. The van der Waals surface area contributed by atoms with Crippen LogP contribution in [-0.2, 0) is 4.79 Å². The Balaban J connectivity index is 1.92. The molecule has 3 aromatic rings. The molecule has 1 aromatic carbocycles. The molecule has 0 aliphatic carbocycles. The van der Waals surface area contributed by atoms with E-state index in [0.717, 1.165) is 11.4 Å². The van der Waals surface area contributed by atoms with E-state index in [1.807, 2.05) is 43.3 Å². The Morgan fingerprint density at radius 3 is 2.62 bits per heavy atom. The maximum atomic E-state index is 12.6. The molecule has 2 heterocycles. The van der Waals surface area contributed by atoms with Crippen molar-refractivity contribution in [3.63, 3.8) is 0 Å². The summed E-state index contributed by atoms with van der Waals surface area (Å²) in [5.41, 5.74) is 1.95. The minimum atomic E-state index is -0.509. The molecule has 24 heavy (non-hydrogen) atoms. The van der Waals surface area contributed by atoms with Crippen LogP contribution in [0.2, 0.25) is 0 Å². The number of rotatable bonds is 4. The molecule has 1 atom stereocenters. The zero-order valence-electron chi connectivity index (χ0n) is 13.3. The second-order valence-electron chi connectivity index (χ2n) is 5.35. The molecule has 0 aliphatic rings. The molecule has 7 heteroatoms. The summed E-state index contributed by atoms with van der Waals surface area (Å²) in [5, 5.41) is 20.5. The Bertz CT molecular complexity index is 903. The van der Waals surface area contributed by atoms with Gasteiger partial charge in [0.1, 0.15) is 17.7 Å².